The van der Waals surface area contributed by atoms with Crippen LogP contribution >= 0.6 is 0 Å². The molecule has 0 fully saturated rings. The molecule has 2 N–H and O–H groups in total. The van der Waals surface area contributed by atoms with Gasteiger partial charge in [-0.15, -0.1) is 0 Å². The highest BCUT2D eigenvalue weighted by Gasteiger charge is 2.24. The van der Waals surface area contributed by atoms with Crippen LogP contribution in [0.15, 0.2) is 60.7 Å². The van der Waals surface area contributed by atoms with Crippen LogP contribution in [0.25, 0.3) is 0 Å². The molecule has 178 valence electrons. The van der Waals surface area contributed by atoms with Crippen LogP contribution in [0.3, 0.4) is 0 Å². The number of nitrogens with one attached hydrogen (secondary N) is 1. The van der Waals surface area contributed by atoms with Crippen molar-refractivity contribution in [3.05, 3.63) is 71.8 Å². The van der Waals surface area contributed by atoms with E-state index in [9.17, 15) is 19.5 Å². The molecule has 9 nitrogen and oxygen atoms in total. The summed E-state index contributed by atoms with van der Waals surface area (Å²) in [5.41, 5.74) is 3.68. The second-order valence-electron chi connectivity index (χ2n) is 8.57. The highest BCUT2D eigenvalue weighted by molar-refractivity contribution is 5.78. The van der Waals surface area contributed by atoms with Gasteiger partial charge in [-0.25, -0.2) is 14.8 Å². The number of rotatable bonds is 10. The lowest BCUT2D eigenvalue weighted by molar-refractivity contribution is -0.155. The number of hydrogen-bond donors (Lipinski definition) is 2. The SMILES string of the molecule is CN(C(=O)CN(Cc1ccccc1)NC(=O)OC(C)(C)C)N(CC(=O)O)Cc1ccccc1. The van der Waals surface area contributed by atoms with E-state index in [0.717, 1.165) is 11.1 Å². The number of nitrogens with zero attached hydrogens (tertiary/aromatic N) is 3. The number of carbonyl (C=O) groups is 3. The number of likely N-dealkylation sites (N-methyl/N-ethyl adjacent to an activating group) is 1. The van der Waals surface area contributed by atoms with Gasteiger partial charge in [0.2, 0.25) is 0 Å². The molecule has 33 heavy (non-hydrogen) atoms. The Morgan fingerprint density at radius 2 is 1.39 bits per heavy atom. The van der Waals surface area contributed by atoms with Crippen LogP contribution < -0.4 is 5.43 Å². The van der Waals surface area contributed by atoms with Crippen LogP contribution in [0, 0.1) is 0 Å². The number of carboxylic acid groups (broad SMARTS) is 1. The van der Waals surface area contributed by atoms with E-state index in [-0.39, 0.29) is 32.1 Å². The van der Waals surface area contributed by atoms with Crippen LogP contribution in [0.2, 0.25) is 0 Å². The van der Waals surface area contributed by atoms with Gasteiger partial charge in [-0.2, -0.15) is 0 Å². The van der Waals surface area contributed by atoms with Gasteiger partial charge >= 0.3 is 12.1 Å². The summed E-state index contributed by atoms with van der Waals surface area (Å²) in [7, 11) is 1.52. The third kappa shape index (κ3) is 9.71. The molecule has 0 aromatic heterocycles. The predicted octanol–water partition coefficient (Wildman–Crippen LogP) is 2.89. The third-order valence-corrected chi connectivity index (χ3v) is 4.50. The van der Waals surface area contributed by atoms with E-state index in [4.69, 9.17) is 4.74 Å². The van der Waals surface area contributed by atoms with E-state index in [2.05, 4.69) is 5.43 Å². The molecule has 2 amide bonds. The minimum absolute atomic E-state index is 0.185. The van der Waals surface area contributed by atoms with Gasteiger partial charge in [0.1, 0.15) is 12.1 Å². The van der Waals surface area contributed by atoms with Crippen molar-refractivity contribution in [2.75, 3.05) is 20.1 Å². The quantitative estimate of drug-likeness (QED) is 0.530. The predicted molar refractivity (Wildman–Crippen MR) is 123 cm³/mol. The third-order valence-electron chi connectivity index (χ3n) is 4.50. The average Bonchev–Trinajstić information content (AvgIpc) is 2.72. The Morgan fingerprint density at radius 3 is 1.88 bits per heavy atom. The molecule has 0 spiro atoms. The molecule has 0 aliphatic heterocycles. The number of ether oxygens (including phenoxy) is 1. The molecule has 0 atom stereocenters. The summed E-state index contributed by atoms with van der Waals surface area (Å²) >= 11 is 0. The highest BCUT2D eigenvalue weighted by atomic mass is 16.6. The maximum absolute atomic E-state index is 13.1. The Labute approximate surface area is 194 Å². The highest BCUT2D eigenvalue weighted by Crippen LogP contribution is 2.10. The van der Waals surface area contributed by atoms with E-state index in [1.807, 2.05) is 60.7 Å². The van der Waals surface area contributed by atoms with Crippen molar-refractivity contribution >= 4 is 18.0 Å². The first-order chi connectivity index (χ1) is 15.5. The molecule has 0 aliphatic rings. The van der Waals surface area contributed by atoms with Gasteiger partial charge in [0.25, 0.3) is 5.91 Å². The lowest BCUT2D eigenvalue weighted by Gasteiger charge is -2.33. The Kier molecular flexibility index (Phi) is 9.38. The van der Waals surface area contributed by atoms with Gasteiger partial charge in [-0.05, 0) is 31.9 Å². The van der Waals surface area contributed by atoms with Crippen molar-refractivity contribution < 1.29 is 24.2 Å². The Morgan fingerprint density at radius 1 is 0.879 bits per heavy atom. The first kappa shape index (κ1) is 25.8. The summed E-state index contributed by atoms with van der Waals surface area (Å²) < 4.78 is 5.32. The number of carbonyl (C=O) groups excluding carboxylic acids is 2. The molecule has 2 aromatic rings. The monoisotopic (exact) mass is 456 g/mol. The number of aliphatic carboxylic acids is 1. The van der Waals surface area contributed by atoms with Crippen molar-refractivity contribution in [2.45, 2.75) is 39.5 Å². The second-order valence-corrected chi connectivity index (χ2v) is 8.57. The summed E-state index contributed by atoms with van der Waals surface area (Å²) in [6, 6.07) is 18.6. The fourth-order valence-electron chi connectivity index (χ4n) is 3.01. The fourth-order valence-corrected chi connectivity index (χ4v) is 3.01. The largest absolute Gasteiger partial charge is 0.480 e. The van der Waals surface area contributed by atoms with E-state index in [1.165, 1.54) is 22.1 Å². The Hall–Kier alpha value is -3.43. The Bertz CT molecular complexity index is 915. The van der Waals surface area contributed by atoms with Crippen molar-refractivity contribution in [3.8, 4) is 0 Å². The molecular formula is C24H32N4O5. The zero-order valence-corrected chi connectivity index (χ0v) is 19.5. The van der Waals surface area contributed by atoms with Crippen LogP contribution in [-0.4, -0.2) is 63.8 Å². The number of amides is 2. The molecule has 2 aromatic carbocycles. The summed E-state index contributed by atoms with van der Waals surface area (Å²) in [5.74, 6) is -1.45. The molecule has 0 saturated carbocycles. The van der Waals surface area contributed by atoms with Gasteiger partial charge in [0.05, 0.1) is 6.54 Å². The number of carboxylic acids is 1. The topological polar surface area (TPSA) is 102 Å². The van der Waals surface area contributed by atoms with Crippen molar-refractivity contribution in [2.24, 2.45) is 0 Å². The molecular weight excluding hydrogens is 424 g/mol. The van der Waals surface area contributed by atoms with Crippen LogP contribution in [-0.2, 0) is 27.4 Å². The second kappa shape index (κ2) is 12.0. The van der Waals surface area contributed by atoms with E-state index in [1.54, 1.807) is 20.8 Å². The summed E-state index contributed by atoms with van der Waals surface area (Å²) in [4.78, 5) is 36.8. The first-order valence-corrected chi connectivity index (χ1v) is 10.6. The Balaban J connectivity index is 2.14. The normalized spacial score (nSPS) is 11.3. The van der Waals surface area contributed by atoms with E-state index >= 15 is 0 Å². The van der Waals surface area contributed by atoms with Gasteiger partial charge in [0.15, 0.2) is 0 Å². The van der Waals surface area contributed by atoms with Crippen molar-refractivity contribution in [1.82, 2.24) is 20.5 Å². The molecule has 0 radical (unpaired) electrons. The molecule has 2 rings (SSSR count). The first-order valence-electron chi connectivity index (χ1n) is 10.6. The standard InChI is InChI=1S/C24H32N4O5/c1-24(2,3)33-23(32)25-27(15-19-11-7-5-8-12-19)17-21(29)26(4)28(18-22(30)31)16-20-13-9-6-10-14-20/h5-14H,15-18H2,1-4H3,(H,25,32)(H,30,31). The van der Waals surface area contributed by atoms with Gasteiger partial charge < -0.3 is 9.84 Å². The van der Waals surface area contributed by atoms with E-state index in [0.29, 0.717) is 0 Å². The minimum atomic E-state index is -1.06. The van der Waals surface area contributed by atoms with Gasteiger partial charge in [-0.1, -0.05) is 60.7 Å². The van der Waals surface area contributed by atoms with Crippen molar-refractivity contribution in [3.63, 3.8) is 0 Å². The average molecular weight is 457 g/mol. The van der Waals surface area contributed by atoms with Crippen LogP contribution in [0.4, 0.5) is 4.79 Å². The van der Waals surface area contributed by atoms with Crippen LogP contribution in [0.1, 0.15) is 31.9 Å². The summed E-state index contributed by atoms with van der Waals surface area (Å²) in [6.07, 6.45) is -0.680. The molecule has 0 aliphatic carbocycles. The summed E-state index contributed by atoms with van der Waals surface area (Å²) in [6.45, 7) is 5.22. The molecule has 9 heteroatoms. The fraction of sp³-hybridized carbons (Fsp3) is 0.375. The maximum Gasteiger partial charge on any atom is 0.422 e. The van der Waals surface area contributed by atoms with Gasteiger partial charge in [-0.3, -0.25) is 20.0 Å². The number of hydrogen-bond acceptors (Lipinski definition) is 6. The van der Waals surface area contributed by atoms with Gasteiger partial charge in [0, 0.05) is 20.1 Å². The van der Waals surface area contributed by atoms with Crippen LogP contribution in [0.5, 0.6) is 0 Å². The minimum Gasteiger partial charge on any atom is -0.480 e. The zero-order valence-electron chi connectivity index (χ0n) is 19.5. The zero-order chi connectivity index (χ0) is 24.4. The molecule has 0 saturated heterocycles. The lowest BCUT2D eigenvalue weighted by atomic mass is 10.2. The summed E-state index contributed by atoms with van der Waals surface area (Å²) in [5, 5.41) is 13.5. The lowest BCUT2D eigenvalue weighted by Crippen LogP contribution is -2.52. The molecule has 0 bridgehead atoms. The maximum atomic E-state index is 13.1. The number of benzene rings is 2. The van der Waals surface area contributed by atoms with E-state index < -0.39 is 17.7 Å². The van der Waals surface area contributed by atoms with Crippen molar-refractivity contribution in [1.29, 1.82) is 0 Å². The molecule has 0 unspecified atom stereocenters. The molecule has 0 heterocycles. The smallest absolute Gasteiger partial charge is 0.422 e. The number of hydrazine groups is 2.